The third-order valence-electron chi connectivity index (χ3n) is 4.39. The molecule has 1 aliphatic carbocycles. The third kappa shape index (κ3) is 3.12. The summed E-state index contributed by atoms with van der Waals surface area (Å²) in [6.07, 6.45) is 7.77. The van der Waals surface area contributed by atoms with Gasteiger partial charge in [-0.15, -0.1) is 11.6 Å². The van der Waals surface area contributed by atoms with Crippen molar-refractivity contribution < 1.29 is 0 Å². The first-order valence-corrected chi connectivity index (χ1v) is 7.87. The molecule has 2 aromatic rings. The zero-order chi connectivity index (χ0) is 13.1. The fourth-order valence-corrected chi connectivity index (χ4v) is 3.82. The van der Waals surface area contributed by atoms with E-state index in [2.05, 4.69) is 42.5 Å². The number of fused-ring (bicyclic) bond motifs is 1. The summed E-state index contributed by atoms with van der Waals surface area (Å²) in [5, 5.41) is 2.97. The molecule has 0 heterocycles. The van der Waals surface area contributed by atoms with Gasteiger partial charge in [-0.25, -0.2) is 0 Å². The van der Waals surface area contributed by atoms with Crippen molar-refractivity contribution in [2.75, 3.05) is 0 Å². The van der Waals surface area contributed by atoms with E-state index < -0.39 is 0 Å². The summed E-state index contributed by atoms with van der Waals surface area (Å²) in [4.78, 5) is 0. The number of halogens is 1. The van der Waals surface area contributed by atoms with Gasteiger partial charge in [-0.1, -0.05) is 68.1 Å². The molecule has 0 radical (unpaired) electrons. The van der Waals surface area contributed by atoms with Crippen LogP contribution in [0.15, 0.2) is 42.5 Å². The van der Waals surface area contributed by atoms with E-state index in [1.165, 1.54) is 48.4 Å². The first-order valence-electron chi connectivity index (χ1n) is 7.43. The van der Waals surface area contributed by atoms with Crippen LogP contribution in [-0.2, 0) is 6.42 Å². The Kier molecular flexibility index (Phi) is 4.08. The molecule has 0 nitrogen and oxygen atoms in total. The van der Waals surface area contributed by atoms with Crippen LogP contribution in [0.5, 0.6) is 0 Å². The number of alkyl halides is 1. The number of hydrogen-bond donors (Lipinski definition) is 0. The molecule has 0 aliphatic heterocycles. The molecule has 1 saturated carbocycles. The van der Waals surface area contributed by atoms with Gasteiger partial charge in [0.2, 0.25) is 0 Å². The van der Waals surface area contributed by atoms with Crippen molar-refractivity contribution in [3.63, 3.8) is 0 Å². The van der Waals surface area contributed by atoms with E-state index >= 15 is 0 Å². The standard InChI is InChI=1S/C18H21Cl/c19-17(12-14-6-1-2-7-14)13-16-10-5-9-15-8-3-4-11-18(15)16/h3-5,8-11,14,17H,1-2,6-7,12-13H2. The smallest absolute Gasteiger partial charge is 0.0379 e. The molecule has 0 amide bonds. The Bertz CT molecular complexity index is 535. The topological polar surface area (TPSA) is 0 Å². The van der Waals surface area contributed by atoms with E-state index in [0.29, 0.717) is 0 Å². The average molecular weight is 273 g/mol. The predicted octanol–water partition coefficient (Wildman–Crippen LogP) is 5.57. The molecule has 1 heteroatoms. The fraction of sp³-hybridized carbons (Fsp3) is 0.444. The molecular formula is C18H21Cl. The molecule has 2 aromatic carbocycles. The number of hydrogen-bond acceptors (Lipinski definition) is 0. The van der Waals surface area contributed by atoms with Gasteiger partial charge in [-0.3, -0.25) is 0 Å². The van der Waals surface area contributed by atoms with Crippen LogP contribution in [0.25, 0.3) is 10.8 Å². The van der Waals surface area contributed by atoms with Gasteiger partial charge in [0.1, 0.15) is 0 Å². The third-order valence-corrected chi connectivity index (χ3v) is 4.72. The Morgan fingerprint density at radius 2 is 1.74 bits per heavy atom. The van der Waals surface area contributed by atoms with E-state index in [1.807, 2.05) is 0 Å². The van der Waals surface area contributed by atoms with Crippen LogP contribution in [0.3, 0.4) is 0 Å². The largest absolute Gasteiger partial charge is 0.123 e. The van der Waals surface area contributed by atoms with Gasteiger partial charge < -0.3 is 0 Å². The van der Waals surface area contributed by atoms with Gasteiger partial charge in [0, 0.05) is 5.38 Å². The molecular weight excluding hydrogens is 252 g/mol. The van der Waals surface area contributed by atoms with Crippen molar-refractivity contribution in [3.05, 3.63) is 48.0 Å². The Morgan fingerprint density at radius 3 is 2.58 bits per heavy atom. The molecule has 0 bridgehead atoms. The van der Waals surface area contributed by atoms with Crippen molar-refractivity contribution in [2.24, 2.45) is 5.92 Å². The molecule has 1 aliphatic rings. The van der Waals surface area contributed by atoms with Gasteiger partial charge >= 0.3 is 0 Å². The van der Waals surface area contributed by atoms with Crippen LogP contribution in [-0.4, -0.2) is 5.38 Å². The lowest BCUT2D eigenvalue weighted by atomic mass is 9.95. The number of rotatable bonds is 4. The maximum atomic E-state index is 6.60. The molecule has 1 atom stereocenters. The normalized spacial score (nSPS) is 17.9. The quantitative estimate of drug-likeness (QED) is 0.638. The van der Waals surface area contributed by atoms with E-state index in [0.717, 1.165) is 12.3 Å². The molecule has 0 saturated heterocycles. The Labute approximate surface area is 120 Å². The molecule has 100 valence electrons. The first-order chi connectivity index (χ1) is 9.33. The first kappa shape index (κ1) is 13.0. The van der Waals surface area contributed by atoms with Gasteiger partial charge in [0.25, 0.3) is 0 Å². The minimum absolute atomic E-state index is 0.286. The summed E-state index contributed by atoms with van der Waals surface area (Å²) >= 11 is 6.60. The molecule has 1 fully saturated rings. The maximum absolute atomic E-state index is 6.60. The number of benzene rings is 2. The minimum Gasteiger partial charge on any atom is -0.123 e. The summed E-state index contributed by atoms with van der Waals surface area (Å²) in [6.45, 7) is 0. The summed E-state index contributed by atoms with van der Waals surface area (Å²) < 4.78 is 0. The highest BCUT2D eigenvalue weighted by Crippen LogP contribution is 2.31. The molecule has 0 N–H and O–H groups in total. The van der Waals surface area contributed by atoms with Crippen LogP contribution in [0.4, 0.5) is 0 Å². The van der Waals surface area contributed by atoms with E-state index in [9.17, 15) is 0 Å². The van der Waals surface area contributed by atoms with E-state index in [-0.39, 0.29) is 5.38 Å². The van der Waals surface area contributed by atoms with Crippen LogP contribution in [0.1, 0.15) is 37.7 Å². The van der Waals surface area contributed by atoms with Crippen molar-refractivity contribution in [2.45, 2.75) is 43.9 Å². The molecule has 0 aromatic heterocycles. The van der Waals surface area contributed by atoms with Crippen molar-refractivity contribution in [1.29, 1.82) is 0 Å². The lowest BCUT2D eigenvalue weighted by Gasteiger charge is -2.15. The Morgan fingerprint density at radius 1 is 1.00 bits per heavy atom. The van der Waals surface area contributed by atoms with Gasteiger partial charge in [0.15, 0.2) is 0 Å². The lowest BCUT2D eigenvalue weighted by molar-refractivity contribution is 0.489. The fourth-order valence-electron chi connectivity index (χ4n) is 3.40. The lowest BCUT2D eigenvalue weighted by Crippen LogP contribution is -2.09. The van der Waals surface area contributed by atoms with Crippen LogP contribution < -0.4 is 0 Å². The highest BCUT2D eigenvalue weighted by molar-refractivity contribution is 6.20. The summed E-state index contributed by atoms with van der Waals surface area (Å²) in [6, 6.07) is 15.2. The average Bonchev–Trinajstić information content (AvgIpc) is 2.92. The van der Waals surface area contributed by atoms with Gasteiger partial charge in [-0.05, 0) is 35.1 Å². The van der Waals surface area contributed by atoms with E-state index in [4.69, 9.17) is 11.6 Å². The highest BCUT2D eigenvalue weighted by Gasteiger charge is 2.19. The second kappa shape index (κ2) is 5.96. The summed E-state index contributed by atoms with van der Waals surface area (Å²) in [7, 11) is 0. The molecule has 3 rings (SSSR count). The SMILES string of the molecule is ClC(Cc1cccc2ccccc12)CC1CCCC1. The Hall–Kier alpha value is -1.01. The predicted molar refractivity (Wildman–Crippen MR) is 83.9 cm³/mol. The minimum atomic E-state index is 0.286. The second-order valence-corrected chi connectivity index (χ2v) is 6.44. The van der Waals surface area contributed by atoms with Crippen molar-refractivity contribution >= 4 is 22.4 Å². The second-order valence-electron chi connectivity index (χ2n) is 5.83. The van der Waals surface area contributed by atoms with Crippen LogP contribution in [0, 0.1) is 5.92 Å². The van der Waals surface area contributed by atoms with E-state index in [1.54, 1.807) is 0 Å². The molecule has 19 heavy (non-hydrogen) atoms. The van der Waals surface area contributed by atoms with Crippen molar-refractivity contribution in [1.82, 2.24) is 0 Å². The zero-order valence-corrected chi connectivity index (χ0v) is 12.1. The van der Waals surface area contributed by atoms with Crippen LogP contribution >= 0.6 is 11.6 Å². The summed E-state index contributed by atoms with van der Waals surface area (Å²) in [5.74, 6) is 0.873. The van der Waals surface area contributed by atoms with Crippen molar-refractivity contribution in [3.8, 4) is 0 Å². The van der Waals surface area contributed by atoms with Gasteiger partial charge in [-0.2, -0.15) is 0 Å². The van der Waals surface area contributed by atoms with Crippen LogP contribution in [0.2, 0.25) is 0 Å². The Balaban J connectivity index is 1.73. The maximum Gasteiger partial charge on any atom is 0.0379 e. The van der Waals surface area contributed by atoms with Gasteiger partial charge in [0.05, 0.1) is 0 Å². The summed E-state index contributed by atoms with van der Waals surface area (Å²) in [5.41, 5.74) is 1.40. The molecule has 1 unspecified atom stereocenters. The monoisotopic (exact) mass is 272 g/mol. The highest BCUT2D eigenvalue weighted by atomic mass is 35.5. The zero-order valence-electron chi connectivity index (χ0n) is 11.3. The molecule has 0 spiro atoms.